The largest absolute Gasteiger partial charge is 0.493 e. The average Bonchev–Trinajstić information content (AvgIpc) is 2.34. The monoisotopic (exact) mass is 316 g/mol. The first-order valence-electron chi connectivity index (χ1n) is 5.33. The van der Waals surface area contributed by atoms with Gasteiger partial charge in [0, 0.05) is 5.33 Å². The van der Waals surface area contributed by atoms with Crippen LogP contribution >= 0.6 is 15.9 Å². The average molecular weight is 317 g/mol. The molecule has 0 aliphatic heterocycles. The van der Waals surface area contributed by atoms with Crippen LogP contribution < -0.4 is 10.5 Å². The number of benzene rings is 1. The second-order valence-corrected chi connectivity index (χ2v) is 4.34. The third-order valence-corrected chi connectivity index (χ3v) is 2.79. The molecule has 0 saturated carbocycles. The number of carbonyl (C=O) groups is 1. The number of primary amides is 1. The predicted octanol–water partition coefficient (Wildman–Crippen LogP) is 2.25. The Labute approximate surface area is 112 Å². The van der Waals surface area contributed by atoms with Crippen molar-refractivity contribution in [1.82, 2.24) is 0 Å². The van der Waals surface area contributed by atoms with E-state index < -0.39 is 10.8 Å². The van der Waals surface area contributed by atoms with E-state index in [9.17, 15) is 14.9 Å². The Hall–Kier alpha value is -1.63. The summed E-state index contributed by atoms with van der Waals surface area (Å²) in [4.78, 5) is 21.2. The second-order valence-electron chi connectivity index (χ2n) is 3.54. The molecule has 0 bridgehead atoms. The number of nitrogens with zero attached hydrogens (tertiary/aromatic N) is 1. The number of nitro benzene ring substituents is 1. The number of carbonyl (C=O) groups excluding carboxylic acids is 1. The van der Waals surface area contributed by atoms with Crippen LogP contribution in [-0.4, -0.2) is 22.8 Å². The summed E-state index contributed by atoms with van der Waals surface area (Å²) in [5.41, 5.74) is 4.60. The first-order chi connectivity index (χ1) is 8.56. The van der Waals surface area contributed by atoms with E-state index in [0.717, 1.165) is 18.2 Å². The van der Waals surface area contributed by atoms with Gasteiger partial charge in [0.1, 0.15) is 11.3 Å². The van der Waals surface area contributed by atoms with Gasteiger partial charge in [0.05, 0.1) is 17.6 Å². The number of nitrogens with two attached hydrogens (primary N) is 1. The standard InChI is InChI=1S/C11H13BrN2O4/c12-5-1-2-6-18-8-3-4-9(11(13)15)10(7-8)14(16)17/h3-4,7H,1-2,5-6H2,(H2,13,15). The van der Waals surface area contributed by atoms with Crippen molar-refractivity contribution in [3.05, 3.63) is 33.9 Å². The zero-order valence-electron chi connectivity index (χ0n) is 9.60. The molecule has 1 amide bonds. The molecule has 0 heterocycles. The lowest BCUT2D eigenvalue weighted by atomic mass is 10.1. The lowest BCUT2D eigenvalue weighted by molar-refractivity contribution is -0.385. The highest BCUT2D eigenvalue weighted by Gasteiger charge is 2.18. The fraction of sp³-hybridized carbons (Fsp3) is 0.364. The fourth-order valence-corrected chi connectivity index (χ4v) is 1.74. The molecule has 2 N–H and O–H groups in total. The van der Waals surface area contributed by atoms with Gasteiger partial charge < -0.3 is 10.5 Å². The van der Waals surface area contributed by atoms with E-state index in [-0.39, 0.29) is 11.3 Å². The second kappa shape index (κ2) is 6.95. The number of halogens is 1. The molecule has 0 aliphatic carbocycles. The molecule has 0 aliphatic rings. The van der Waals surface area contributed by atoms with Gasteiger partial charge in [-0.1, -0.05) is 15.9 Å². The minimum absolute atomic E-state index is 0.118. The fourth-order valence-electron chi connectivity index (χ4n) is 1.35. The maximum absolute atomic E-state index is 11.0. The SMILES string of the molecule is NC(=O)c1ccc(OCCCCBr)cc1[N+](=O)[O-]. The van der Waals surface area contributed by atoms with Crippen molar-refractivity contribution in [2.45, 2.75) is 12.8 Å². The molecular formula is C11H13BrN2O4. The summed E-state index contributed by atoms with van der Waals surface area (Å²) in [6.07, 6.45) is 1.80. The summed E-state index contributed by atoms with van der Waals surface area (Å²) in [5.74, 6) is -0.464. The van der Waals surface area contributed by atoms with Gasteiger partial charge >= 0.3 is 0 Å². The molecule has 1 aromatic carbocycles. The van der Waals surface area contributed by atoms with Crippen molar-refractivity contribution >= 4 is 27.5 Å². The molecule has 18 heavy (non-hydrogen) atoms. The predicted molar refractivity (Wildman–Crippen MR) is 70.1 cm³/mol. The topological polar surface area (TPSA) is 95.5 Å². The normalized spacial score (nSPS) is 10.1. The number of rotatable bonds is 7. The number of hydrogen-bond donors (Lipinski definition) is 1. The smallest absolute Gasteiger partial charge is 0.285 e. The van der Waals surface area contributed by atoms with Crippen LogP contribution in [0.15, 0.2) is 18.2 Å². The molecule has 1 aromatic rings. The van der Waals surface area contributed by atoms with E-state index in [0.29, 0.717) is 12.4 Å². The highest BCUT2D eigenvalue weighted by molar-refractivity contribution is 9.09. The molecule has 0 spiro atoms. The van der Waals surface area contributed by atoms with E-state index in [1.807, 2.05) is 0 Å². The zero-order chi connectivity index (χ0) is 13.5. The number of nitro groups is 1. The lowest BCUT2D eigenvalue weighted by Crippen LogP contribution is -2.13. The van der Waals surface area contributed by atoms with Crippen molar-refractivity contribution in [2.75, 3.05) is 11.9 Å². The Bertz CT molecular complexity index is 451. The van der Waals surface area contributed by atoms with Gasteiger partial charge in [-0.25, -0.2) is 0 Å². The molecule has 0 unspecified atom stereocenters. The highest BCUT2D eigenvalue weighted by atomic mass is 79.9. The molecule has 0 aromatic heterocycles. The van der Waals surface area contributed by atoms with Crippen molar-refractivity contribution in [3.8, 4) is 5.75 Å². The molecule has 0 radical (unpaired) electrons. The van der Waals surface area contributed by atoms with Gasteiger partial charge in [-0.05, 0) is 25.0 Å². The summed E-state index contributed by atoms with van der Waals surface area (Å²) in [6.45, 7) is 0.471. The molecule has 98 valence electrons. The van der Waals surface area contributed by atoms with E-state index in [2.05, 4.69) is 15.9 Å². The summed E-state index contributed by atoms with van der Waals surface area (Å²) in [7, 11) is 0. The Morgan fingerprint density at radius 1 is 1.44 bits per heavy atom. The lowest BCUT2D eigenvalue weighted by Gasteiger charge is -2.06. The van der Waals surface area contributed by atoms with Gasteiger partial charge in [-0.2, -0.15) is 0 Å². The number of hydrogen-bond acceptors (Lipinski definition) is 4. The van der Waals surface area contributed by atoms with Crippen LogP contribution in [0.2, 0.25) is 0 Å². The zero-order valence-corrected chi connectivity index (χ0v) is 11.2. The van der Waals surface area contributed by atoms with Crippen LogP contribution in [0.1, 0.15) is 23.2 Å². The van der Waals surface area contributed by atoms with Crippen molar-refractivity contribution in [2.24, 2.45) is 5.73 Å². The summed E-state index contributed by atoms with van der Waals surface area (Å²) in [5, 5.41) is 11.7. The highest BCUT2D eigenvalue weighted by Crippen LogP contribution is 2.24. The summed E-state index contributed by atoms with van der Waals surface area (Å²) in [6, 6.07) is 4.02. The first kappa shape index (κ1) is 14.4. The van der Waals surface area contributed by atoms with Gasteiger partial charge in [-0.15, -0.1) is 0 Å². The van der Waals surface area contributed by atoms with E-state index in [4.69, 9.17) is 10.5 Å². The summed E-state index contributed by atoms with van der Waals surface area (Å²) >= 11 is 3.30. The van der Waals surface area contributed by atoms with Crippen LogP contribution in [0.5, 0.6) is 5.75 Å². The summed E-state index contributed by atoms with van der Waals surface area (Å²) < 4.78 is 5.36. The van der Waals surface area contributed by atoms with E-state index in [1.165, 1.54) is 18.2 Å². The Morgan fingerprint density at radius 2 is 2.17 bits per heavy atom. The number of alkyl halides is 1. The van der Waals surface area contributed by atoms with Crippen molar-refractivity contribution in [3.63, 3.8) is 0 Å². The van der Waals surface area contributed by atoms with Gasteiger partial charge in [0.25, 0.3) is 11.6 Å². The molecule has 0 atom stereocenters. The number of ether oxygens (including phenoxy) is 1. The quantitative estimate of drug-likeness (QED) is 0.361. The molecule has 0 saturated heterocycles. The van der Waals surface area contributed by atoms with Gasteiger partial charge in [-0.3, -0.25) is 14.9 Å². The number of unbranched alkanes of at least 4 members (excludes halogenated alkanes) is 1. The van der Waals surface area contributed by atoms with Crippen LogP contribution in [0.3, 0.4) is 0 Å². The molecule has 7 heteroatoms. The minimum Gasteiger partial charge on any atom is -0.493 e. The maximum atomic E-state index is 11.0. The third kappa shape index (κ3) is 3.99. The van der Waals surface area contributed by atoms with Gasteiger partial charge in [0.2, 0.25) is 0 Å². The van der Waals surface area contributed by atoms with Crippen LogP contribution in [0.25, 0.3) is 0 Å². The molecule has 1 rings (SSSR count). The van der Waals surface area contributed by atoms with Crippen LogP contribution in [-0.2, 0) is 0 Å². The van der Waals surface area contributed by atoms with Crippen LogP contribution in [0.4, 0.5) is 5.69 Å². The Kier molecular flexibility index (Phi) is 5.57. The van der Waals surface area contributed by atoms with Crippen molar-refractivity contribution < 1.29 is 14.5 Å². The number of amides is 1. The Morgan fingerprint density at radius 3 is 2.72 bits per heavy atom. The van der Waals surface area contributed by atoms with Gasteiger partial charge in [0.15, 0.2) is 0 Å². The van der Waals surface area contributed by atoms with Crippen LogP contribution in [0, 0.1) is 10.1 Å². The van der Waals surface area contributed by atoms with E-state index in [1.54, 1.807) is 0 Å². The third-order valence-electron chi connectivity index (χ3n) is 2.23. The van der Waals surface area contributed by atoms with Crippen molar-refractivity contribution in [1.29, 1.82) is 0 Å². The Balaban J connectivity index is 2.80. The maximum Gasteiger partial charge on any atom is 0.285 e. The molecule has 0 fully saturated rings. The first-order valence-corrected chi connectivity index (χ1v) is 6.45. The van der Waals surface area contributed by atoms with E-state index >= 15 is 0 Å². The molecule has 6 nitrogen and oxygen atoms in total. The minimum atomic E-state index is -0.826. The molecular weight excluding hydrogens is 304 g/mol.